The number of thiophene rings is 1. The molecule has 23 heavy (non-hydrogen) atoms. The highest BCUT2D eigenvalue weighted by molar-refractivity contribution is 7.07. The van der Waals surface area contributed by atoms with Gasteiger partial charge >= 0.3 is 0 Å². The number of nitrogens with zero attached hydrogens (tertiary/aromatic N) is 2. The summed E-state index contributed by atoms with van der Waals surface area (Å²) in [5.41, 5.74) is 1.28. The van der Waals surface area contributed by atoms with Crippen LogP contribution in [0, 0.1) is 5.92 Å². The number of likely N-dealkylation sites (tertiary alicyclic amines) is 1. The minimum atomic E-state index is 0.735. The zero-order valence-electron chi connectivity index (χ0n) is 14.4. The molecule has 0 radical (unpaired) electrons. The third kappa shape index (κ3) is 6.89. The van der Waals surface area contributed by atoms with Crippen LogP contribution in [0.4, 0.5) is 0 Å². The molecular weight excluding hydrogens is 308 g/mol. The Morgan fingerprint density at radius 2 is 2.22 bits per heavy atom. The van der Waals surface area contributed by atoms with Crippen LogP contribution >= 0.6 is 11.3 Å². The van der Waals surface area contributed by atoms with Crippen molar-refractivity contribution in [2.24, 2.45) is 10.9 Å². The molecule has 0 saturated carbocycles. The molecule has 0 spiro atoms. The van der Waals surface area contributed by atoms with Crippen molar-refractivity contribution < 1.29 is 4.74 Å². The lowest BCUT2D eigenvalue weighted by Crippen LogP contribution is -2.43. The molecule has 0 aliphatic carbocycles. The third-order valence-corrected chi connectivity index (χ3v) is 4.95. The summed E-state index contributed by atoms with van der Waals surface area (Å²) in [5, 5.41) is 11.1. The van der Waals surface area contributed by atoms with E-state index in [1.54, 1.807) is 18.4 Å². The van der Waals surface area contributed by atoms with Crippen molar-refractivity contribution in [2.45, 2.75) is 26.3 Å². The molecule has 1 aromatic heterocycles. The molecule has 6 heteroatoms. The lowest BCUT2D eigenvalue weighted by Gasteiger charge is -2.32. The second kappa shape index (κ2) is 10.6. The maximum atomic E-state index is 5.16. The Bertz CT molecular complexity index is 441. The van der Waals surface area contributed by atoms with Crippen LogP contribution < -0.4 is 10.6 Å². The number of hydrogen-bond donors (Lipinski definition) is 2. The largest absolute Gasteiger partial charge is 0.383 e. The quantitative estimate of drug-likeness (QED) is 0.563. The third-order valence-electron chi connectivity index (χ3n) is 4.22. The number of ether oxygens (including phenoxy) is 1. The lowest BCUT2D eigenvalue weighted by atomic mass is 9.97. The average Bonchev–Trinajstić information content (AvgIpc) is 3.10. The van der Waals surface area contributed by atoms with Gasteiger partial charge in [-0.2, -0.15) is 11.3 Å². The van der Waals surface area contributed by atoms with Gasteiger partial charge in [-0.05, 0) is 61.2 Å². The van der Waals surface area contributed by atoms with Crippen LogP contribution in [0.2, 0.25) is 0 Å². The SMILES string of the molecule is CCNC(=NCc1ccsc1)NCC1CCN(CCOC)CC1. The van der Waals surface area contributed by atoms with E-state index in [1.807, 2.05) is 0 Å². The van der Waals surface area contributed by atoms with Crippen LogP contribution in [0.25, 0.3) is 0 Å². The summed E-state index contributed by atoms with van der Waals surface area (Å²) in [7, 11) is 1.77. The second-order valence-corrected chi connectivity index (χ2v) is 6.77. The maximum Gasteiger partial charge on any atom is 0.191 e. The van der Waals surface area contributed by atoms with Crippen molar-refractivity contribution >= 4 is 17.3 Å². The van der Waals surface area contributed by atoms with E-state index in [2.05, 4.69) is 44.3 Å². The average molecular weight is 339 g/mol. The molecule has 2 N–H and O–H groups in total. The molecule has 0 unspecified atom stereocenters. The summed E-state index contributed by atoms with van der Waals surface area (Å²) in [6.45, 7) is 9.00. The Kier molecular flexibility index (Phi) is 8.42. The zero-order chi connectivity index (χ0) is 16.3. The highest BCUT2D eigenvalue weighted by Gasteiger charge is 2.18. The fourth-order valence-electron chi connectivity index (χ4n) is 2.77. The van der Waals surface area contributed by atoms with E-state index in [9.17, 15) is 0 Å². The molecule has 0 amide bonds. The van der Waals surface area contributed by atoms with E-state index >= 15 is 0 Å². The van der Waals surface area contributed by atoms with Crippen molar-refractivity contribution in [3.8, 4) is 0 Å². The van der Waals surface area contributed by atoms with E-state index in [-0.39, 0.29) is 0 Å². The van der Waals surface area contributed by atoms with Crippen LogP contribution in [-0.2, 0) is 11.3 Å². The standard InChI is InChI=1S/C17H30N4OS/c1-3-18-17(20-13-16-6-11-23-14-16)19-12-15-4-7-21(8-5-15)9-10-22-2/h6,11,14-15H,3-5,7-10,12-13H2,1-2H3,(H2,18,19,20). The molecular formula is C17H30N4OS. The zero-order valence-corrected chi connectivity index (χ0v) is 15.2. The molecule has 1 aliphatic rings. The highest BCUT2D eigenvalue weighted by atomic mass is 32.1. The summed E-state index contributed by atoms with van der Waals surface area (Å²) in [5.74, 6) is 1.67. The topological polar surface area (TPSA) is 48.9 Å². The summed E-state index contributed by atoms with van der Waals surface area (Å²) < 4.78 is 5.16. The number of methoxy groups -OCH3 is 1. The minimum absolute atomic E-state index is 0.735. The van der Waals surface area contributed by atoms with Gasteiger partial charge in [-0.15, -0.1) is 0 Å². The summed E-state index contributed by atoms with van der Waals surface area (Å²) in [6, 6.07) is 2.13. The molecule has 130 valence electrons. The lowest BCUT2D eigenvalue weighted by molar-refractivity contribution is 0.121. The molecule has 1 fully saturated rings. The van der Waals surface area contributed by atoms with Gasteiger partial charge in [0.2, 0.25) is 0 Å². The van der Waals surface area contributed by atoms with Crippen LogP contribution in [0.3, 0.4) is 0 Å². The second-order valence-electron chi connectivity index (χ2n) is 5.99. The fourth-order valence-corrected chi connectivity index (χ4v) is 3.43. The normalized spacial score (nSPS) is 17.4. The number of piperidine rings is 1. The monoisotopic (exact) mass is 338 g/mol. The molecule has 2 rings (SSSR count). The number of guanidine groups is 1. The van der Waals surface area contributed by atoms with Crippen LogP contribution in [0.1, 0.15) is 25.3 Å². The Labute approximate surface area is 144 Å². The van der Waals surface area contributed by atoms with Crippen molar-refractivity contribution in [1.29, 1.82) is 0 Å². The van der Waals surface area contributed by atoms with Gasteiger partial charge < -0.3 is 20.3 Å². The Balaban J connectivity index is 1.70. The van der Waals surface area contributed by atoms with E-state index in [4.69, 9.17) is 4.74 Å². The Morgan fingerprint density at radius 3 is 2.87 bits per heavy atom. The molecule has 0 bridgehead atoms. The predicted molar refractivity (Wildman–Crippen MR) is 98.2 cm³/mol. The molecule has 0 atom stereocenters. The molecule has 1 saturated heterocycles. The van der Waals surface area contributed by atoms with Crippen molar-refractivity contribution in [3.05, 3.63) is 22.4 Å². The van der Waals surface area contributed by atoms with Crippen molar-refractivity contribution in [2.75, 3.05) is 46.4 Å². The van der Waals surface area contributed by atoms with Crippen molar-refractivity contribution in [1.82, 2.24) is 15.5 Å². The van der Waals surface area contributed by atoms with E-state index in [1.165, 1.54) is 31.5 Å². The summed E-state index contributed by atoms with van der Waals surface area (Å²) >= 11 is 1.72. The fraction of sp³-hybridized carbons (Fsp3) is 0.706. The number of hydrogen-bond acceptors (Lipinski definition) is 4. The van der Waals surface area contributed by atoms with Gasteiger partial charge in [-0.3, -0.25) is 0 Å². The molecule has 2 heterocycles. The number of aliphatic imine (C=N–C) groups is 1. The van der Waals surface area contributed by atoms with Gasteiger partial charge in [0.1, 0.15) is 0 Å². The highest BCUT2D eigenvalue weighted by Crippen LogP contribution is 2.16. The number of nitrogens with one attached hydrogen (secondary N) is 2. The Hall–Kier alpha value is -1.11. The number of rotatable bonds is 8. The van der Waals surface area contributed by atoms with Gasteiger partial charge in [-0.25, -0.2) is 4.99 Å². The van der Waals surface area contributed by atoms with Crippen molar-refractivity contribution in [3.63, 3.8) is 0 Å². The minimum Gasteiger partial charge on any atom is -0.383 e. The van der Waals surface area contributed by atoms with Crippen LogP contribution in [0.5, 0.6) is 0 Å². The van der Waals surface area contributed by atoms with Crippen LogP contribution in [0.15, 0.2) is 21.8 Å². The van der Waals surface area contributed by atoms with E-state index in [0.717, 1.165) is 44.7 Å². The first-order valence-electron chi connectivity index (χ1n) is 8.56. The van der Waals surface area contributed by atoms with Gasteiger partial charge in [0.25, 0.3) is 0 Å². The molecule has 1 aromatic rings. The summed E-state index contributed by atoms with van der Waals surface area (Å²) in [6.07, 6.45) is 2.50. The molecule has 1 aliphatic heterocycles. The summed E-state index contributed by atoms with van der Waals surface area (Å²) in [4.78, 5) is 7.17. The first kappa shape index (κ1) is 18.2. The Morgan fingerprint density at radius 1 is 1.39 bits per heavy atom. The van der Waals surface area contributed by atoms with Gasteiger partial charge in [0, 0.05) is 26.7 Å². The van der Waals surface area contributed by atoms with Gasteiger partial charge in [-0.1, -0.05) is 0 Å². The smallest absolute Gasteiger partial charge is 0.191 e. The van der Waals surface area contributed by atoms with Gasteiger partial charge in [0.15, 0.2) is 5.96 Å². The molecule has 5 nitrogen and oxygen atoms in total. The van der Waals surface area contributed by atoms with E-state index < -0.39 is 0 Å². The van der Waals surface area contributed by atoms with E-state index in [0.29, 0.717) is 0 Å². The molecule has 0 aromatic carbocycles. The predicted octanol–water partition coefficient (Wildman–Crippen LogP) is 2.16. The first-order chi connectivity index (χ1) is 11.3. The maximum absolute atomic E-state index is 5.16. The first-order valence-corrected chi connectivity index (χ1v) is 9.50. The van der Waals surface area contributed by atoms with Gasteiger partial charge in [0.05, 0.1) is 13.2 Å². The van der Waals surface area contributed by atoms with Crippen LogP contribution in [-0.4, -0.2) is 57.3 Å².